The quantitative estimate of drug-likeness (QED) is 0.710. The first kappa shape index (κ1) is 20.9. The van der Waals surface area contributed by atoms with Gasteiger partial charge in [-0.25, -0.2) is 18.2 Å². The van der Waals surface area contributed by atoms with Gasteiger partial charge in [0.1, 0.15) is 0 Å². The molecule has 29 heavy (non-hydrogen) atoms. The fraction of sp³-hybridized carbons (Fsp3) is 0.368. The number of sulfonamides is 1. The van der Waals surface area contributed by atoms with Crippen LogP contribution in [0.4, 0.5) is 5.69 Å². The first-order valence-electron chi connectivity index (χ1n) is 9.22. The van der Waals surface area contributed by atoms with Gasteiger partial charge in [-0.15, -0.1) is 0 Å². The summed E-state index contributed by atoms with van der Waals surface area (Å²) in [4.78, 5) is 31.7. The SMILES string of the molecule is Cc1ccc(S(=O)(=O)N2CCCCC2)cc1NC(=O)COC(=O)c1cnccn1. The zero-order valence-electron chi connectivity index (χ0n) is 16.0. The summed E-state index contributed by atoms with van der Waals surface area (Å²) in [7, 11) is -3.62. The number of piperidine rings is 1. The van der Waals surface area contributed by atoms with Crippen molar-refractivity contribution in [1.82, 2.24) is 14.3 Å². The number of hydrogen-bond acceptors (Lipinski definition) is 7. The summed E-state index contributed by atoms with van der Waals surface area (Å²) < 4.78 is 32.1. The number of esters is 1. The minimum atomic E-state index is -3.62. The third-order valence-electron chi connectivity index (χ3n) is 4.54. The summed E-state index contributed by atoms with van der Waals surface area (Å²) in [6.45, 7) is 2.21. The molecule has 1 aromatic carbocycles. The zero-order chi connectivity index (χ0) is 20.9. The van der Waals surface area contributed by atoms with E-state index in [1.807, 2.05) is 0 Å². The van der Waals surface area contributed by atoms with Crippen LogP contribution in [0.25, 0.3) is 0 Å². The Morgan fingerprint density at radius 1 is 1.17 bits per heavy atom. The number of hydrogen-bond donors (Lipinski definition) is 1. The summed E-state index contributed by atoms with van der Waals surface area (Å²) in [5.41, 5.74) is 1.03. The molecule has 0 bridgehead atoms. The molecule has 0 saturated carbocycles. The van der Waals surface area contributed by atoms with Crippen molar-refractivity contribution in [1.29, 1.82) is 0 Å². The molecule has 1 saturated heterocycles. The van der Waals surface area contributed by atoms with E-state index in [-0.39, 0.29) is 10.6 Å². The highest BCUT2D eigenvalue weighted by atomic mass is 32.2. The fourth-order valence-electron chi connectivity index (χ4n) is 2.95. The van der Waals surface area contributed by atoms with E-state index in [1.54, 1.807) is 13.0 Å². The first-order valence-corrected chi connectivity index (χ1v) is 10.7. The number of nitrogens with one attached hydrogen (secondary N) is 1. The minimum absolute atomic E-state index is 0.00824. The summed E-state index contributed by atoms with van der Waals surface area (Å²) in [6.07, 6.45) is 6.69. The molecule has 0 radical (unpaired) electrons. The monoisotopic (exact) mass is 418 g/mol. The number of carbonyl (C=O) groups excluding carboxylic acids is 2. The van der Waals surface area contributed by atoms with Gasteiger partial charge >= 0.3 is 5.97 Å². The third-order valence-corrected chi connectivity index (χ3v) is 6.44. The Labute approximate surface area is 169 Å². The lowest BCUT2D eigenvalue weighted by Gasteiger charge is -2.26. The number of nitrogens with zero attached hydrogens (tertiary/aromatic N) is 3. The number of carbonyl (C=O) groups is 2. The zero-order valence-corrected chi connectivity index (χ0v) is 16.8. The normalized spacial score (nSPS) is 14.9. The van der Waals surface area contributed by atoms with Crippen LogP contribution in [0.2, 0.25) is 0 Å². The van der Waals surface area contributed by atoms with Crippen LogP contribution in [-0.4, -0.2) is 54.3 Å². The molecule has 154 valence electrons. The van der Waals surface area contributed by atoms with Crippen molar-refractivity contribution in [2.24, 2.45) is 0 Å². The minimum Gasteiger partial charge on any atom is -0.451 e. The van der Waals surface area contributed by atoms with E-state index in [0.29, 0.717) is 24.3 Å². The second kappa shape index (κ2) is 9.10. The summed E-state index contributed by atoms with van der Waals surface area (Å²) in [6, 6.07) is 4.60. The van der Waals surface area contributed by atoms with Gasteiger partial charge < -0.3 is 10.1 Å². The molecule has 0 spiro atoms. The maximum absolute atomic E-state index is 12.8. The van der Waals surface area contributed by atoms with Crippen LogP contribution in [0.15, 0.2) is 41.7 Å². The highest BCUT2D eigenvalue weighted by Crippen LogP contribution is 2.25. The standard InChI is InChI=1S/C19H22N4O5S/c1-14-5-6-15(29(26,27)23-9-3-2-4-10-23)11-16(14)22-18(24)13-28-19(25)17-12-20-7-8-21-17/h5-8,11-12H,2-4,9-10,13H2,1H3,(H,22,24). The molecule has 0 unspecified atom stereocenters. The molecule has 9 nitrogen and oxygen atoms in total. The van der Waals surface area contributed by atoms with Crippen LogP contribution >= 0.6 is 0 Å². The molecule has 3 rings (SSSR count). The predicted octanol–water partition coefficient (Wildman–Crippen LogP) is 1.76. The molecule has 0 aliphatic carbocycles. The van der Waals surface area contributed by atoms with Gasteiger partial charge in [-0.2, -0.15) is 4.31 Å². The second-order valence-electron chi connectivity index (χ2n) is 6.66. The number of anilines is 1. The largest absolute Gasteiger partial charge is 0.451 e. The lowest BCUT2D eigenvalue weighted by atomic mass is 10.2. The molecule has 1 aliphatic rings. The van der Waals surface area contributed by atoms with Crippen molar-refractivity contribution in [3.63, 3.8) is 0 Å². The van der Waals surface area contributed by atoms with Gasteiger partial charge in [-0.05, 0) is 37.5 Å². The molecular weight excluding hydrogens is 396 g/mol. The fourth-order valence-corrected chi connectivity index (χ4v) is 4.49. The van der Waals surface area contributed by atoms with Crippen molar-refractivity contribution in [3.05, 3.63) is 48.0 Å². The molecule has 1 aromatic heterocycles. The van der Waals surface area contributed by atoms with Gasteiger partial charge in [0, 0.05) is 31.2 Å². The van der Waals surface area contributed by atoms with Crippen LogP contribution < -0.4 is 5.32 Å². The van der Waals surface area contributed by atoms with E-state index >= 15 is 0 Å². The Morgan fingerprint density at radius 3 is 2.62 bits per heavy atom. The number of aryl methyl sites for hydroxylation is 1. The highest BCUT2D eigenvalue weighted by molar-refractivity contribution is 7.89. The first-order chi connectivity index (χ1) is 13.9. The number of rotatable bonds is 6. The molecule has 0 atom stereocenters. The van der Waals surface area contributed by atoms with Crippen LogP contribution in [0.3, 0.4) is 0 Å². The molecule has 10 heteroatoms. The Bertz CT molecular complexity index is 989. The van der Waals surface area contributed by atoms with E-state index in [0.717, 1.165) is 19.3 Å². The smallest absolute Gasteiger partial charge is 0.359 e. The lowest BCUT2D eigenvalue weighted by molar-refractivity contribution is -0.119. The molecule has 2 heterocycles. The maximum Gasteiger partial charge on any atom is 0.359 e. The summed E-state index contributed by atoms with van der Waals surface area (Å²) in [5, 5.41) is 2.60. The average Bonchev–Trinajstić information content (AvgIpc) is 2.74. The van der Waals surface area contributed by atoms with Gasteiger partial charge in [-0.3, -0.25) is 9.78 Å². The van der Waals surface area contributed by atoms with Crippen LogP contribution in [0.1, 0.15) is 35.3 Å². The Morgan fingerprint density at radius 2 is 1.93 bits per heavy atom. The summed E-state index contributed by atoms with van der Waals surface area (Å²) in [5.74, 6) is -1.36. The van der Waals surface area contributed by atoms with Gasteiger partial charge in [0.25, 0.3) is 5.91 Å². The highest BCUT2D eigenvalue weighted by Gasteiger charge is 2.26. The van der Waals surface area contributed by atoms with E-state index in [9.17, 15) is 18.0 Å². The molecular formula is C19H22N4O5S. The Balaban J connectivity index is 1.66. The second-order valence-corrected chi connectivity index (χ2v) is 8.59. The van der Waals surface area contributed by atoms with Crippen molar-refractivity contribution < 1.29 is 22.7 Å². The van der Waals surface area contributed by atoms with Gasteiger partial charge in [0.15, 0.2) is 12.3 Å². The topological polar surface area (TPSA) is 119 Å². The van der Waals surface area contributed by atoms with Crippen molar-refractivity contribution in [2.75, 3.05) is 25.0 Å². The Kier molecular flexibility index (Phi) is 6.55. The van der Waals surface area contributed by atoms with Crippen molar-refractivity contribution >= 4 is 27.6 Å². The number of aromatic nitrogens is 2. The third kappa shape index (κ3) is 5.15. The van der Waals surface area contributed by atoms with Crippen molar-refractivity contribution in [2.45, 2.75) is 31.1 Å². The molecule has 2 aromatic rings. The number of benzene rings is 1. The Hall–Kier alpha value is -2.85. The van der Waals surface area contributed by atoms with Gasteiger partial charge in [0.05, 0.1) is 11.1 Å². The van der Waals surface area contributed by atoms with Crippen LogP contribution in [0.5, 0.6) is 0 Å². The summed E-state index contributed by atoms with van der Waals surface area (Å²) >= 11 is 0. The van der Waals surface area contributed by atoms with E-state index < -0.39 is 28.5 Å². The van der Waals surface area contributed by atoms with E-state index in [1.165, 1.54) is 35.0 Å². The van der Waals surface area contributed by atoms with E-state index in [2.05, 4.69) is 15.3 Å². The lowest BCUT2D eigenvalue weighted by Crippen LogP contribution is -2.35. The van der Waals surface area contributed by atoms with E-state index in [4.69, 9.17) is 4.74 Å². The molecule has 1 amide bonds. The molecule has 1 aliphatic heterocycles. The van der Waals surface area contributed by atoms with Crippen LogP contribution in [-0.2, 0) is 19.6 Å². The van der Waals surface area contributed by atoms with Gasteiger partial charge in [0.2, 0.25) is 10.0 Å². The molecule has 1 N–H and O–H groups in total. The van der Waals surface area contributed by atoms with Crippen molar-refractivity contribution in [3.8, 4) is 0 Å². The predicted molar refractivity (Wildman–Crippen MR) is 105 cm³/mol. The van der Waals surface area contributed by atoms with Gasteiger partial charge in [-0.1, -0.05) is 12.5 Å². The number of amides is 1. The maximum atomic E-state index is 12.8. The molecule has 1 fully saturated rings. The number of ether oxygens (including phenoxy) is 1. The van der Waals surface area contributed by atoms with Crippen LogP contribution in [0, 0.1) is 6.92 Å². The average molecular weight is 418 g/mol.